The minimum absolute atomic E-state index is 0.684. The minimum atomic E-state index is 0.684. The smallest absolute Gasteiger partial charge is 0.182 e. The number of fused-ring (bicyclic) bond motifs is 6. The van der Waals surface area contributed by atoms with Crippen molar-refractivity contribution in [3.8, 4) is 0 Å². The number of nitrogens with zero attached hydrogens (tertiary/aromatic N) is 6. The Labute approximate surface area is 195 Å². The van der Waals surface area contributed by atoms with Gasteiger partial charge in [0.05, 0.1) is 34.1 Å². The topological polar surface area (TPSA) is 87.6 Å². The van der Waals surface area contributed by atoms with Crippen LogP contribution in [0.5, 0.6) is 0 Å². The Kier molecular flexibility index (Phi) is 4.36. The van der Waals surface area contributed by atoms with Crippen LogP contribution in [0.15, 0.2) is 61.2 Å². The summed E-state index contributed by atoms with van der Waals surface area (Å²) in [4.78, 5) is 23.6. The fourth-order valence-electron chi connectivity index (χ4n) is 5.34. The summed E-state index contributed by atoms with van der Waals surface area (Å²) in [6.07, 6.45) is 5.29. The van der Waals surface area contributed by atoms with Gasteiger partial charge in [-0.1, -0.05) is 36.4 Å². The largest absolute Gasteiger partial charge is 0.369 e. The maximum atomic E-state index is 5.12. The maximum Gasteiger partial charge on any atom is 0.182 e. The molecule has 1 aliphatic heterocycles. The zero-order valence-electron chi connectivity index (χ0n) is 18.7. The van der Waals surface area contributed by atoms with E-state index in [4.69, 9.17) is 4.98 Å². The fourth-order valence-corrected chi connectivity index (χ4v) is 5.34. The van der Waals surface area contributed by atoms with Gasteiger partial charge in [0.1, 0.15) is 11.8 Å². The van der Waals surface area contributed by atoms with Crippen molar-refractivity contribution in [2.45, 2.75) is 19.4 Å². The molecule has 0 saturated carbocycles. The van der Waals surface area contributed by atoms with Crippen LogP contribution in [0.3, 0.4) is 0 Å². The van der Waals surface area contributed by atoms with Crippen LogP contribution < -0.4 is 10.2 Å². The molecule has 0 fully saturated rings. The van der Waals surface area contributed by atoms with Gasteiger partial charge in [-0.2, -0.15) is 0 Å². The van der Waals surface area contributed by atoms with Crippen LogP contribution in [-0.2, 0) is 6.54 Å². The summed E-state index contributed by atoms with van der Waals surface area (Å²) in [6.45, 7) is 3.80. The third-order valence-electron chi connectivity index (χ3n) is 6.81. The van der Waals surface area contributed by atoms with Crippen LogP contribution >= 0.6 is 0 Å². The Morgan fingerprint density at radius 1 is 0.941 bits per heavy atom. The van der Waals surface area contributed by atoms with Crippen LogP contribution in [-0.4, -0.2) is 49.1 Å². The van der Waals surface area contributed by atoms with Gasteiger partial charge in [-0.05, 0) is 25.0 Å². The molecule has 0 bridgehead atoms. The van der Waals surface area contributed by atoms with Crippen LogP contribution in [0.2, 0.25) is 0 Å². The number of para-hydroxylation sites is 2. The van der Waals surface area contributed by atoms with E-state index in [0.717, 1.165) is 61.4 Å². The predicted octanol–water partition coefficient (Wildman–Crippen LogP) is 4.72. The summed E-state index contributed by atoms with van der Waals surface area (Å²) in [7, 11) is 0. The van der Waals surface area contributed by atoms with Gasteiger partial charge < -0.3 is 19.8 Å². The van der Waals surface area contributed by atoms with E-state index in [2.05, 4.69) is 83.3 Å². The second-order valence-electron chi connectivity index (χ2n) is 8.79. The summed E-state index contributed by atoms with van der Waals surface area (Å²) in [5, 5.41) is 5.93. The Morgan fingerprint density at radius 2 is 1.82 bits per heavy atom. The van der Waals surface area contributed by atoms with Crippen molar-refractivity contribution in [2.24, 2.45) is 0 Å². The number of aromatic nitrogens is 6. The van der Waals surface area contributed by atoms with E-state index >= 15 is 0 Å². The van der Waals surface area contributed by atoms with Crippen molar-refractivity contribution in [2.75, 3.05) is 29.9 Å². The average Bonchev–Trinajstić information content (AvgIpc) is 3.42. The monoisotopic (exact) mass is 448 g/mol. The highest BCUT2D eigenvalue weighted by atomic mass is 15.2. The van der Waals surface area contributed by atoms with E-state index in [9.17, 15) is 0 Å². The molecule has 0 unspecified atom stereocenters. The zero-order valence-corrected chi connectivity index (χ0v) is 18.7. The first-order chi connectivity index (χ1) is 16.9. The van der Waals surface area contributed by atoms with Crippen LogP contribution in [0.4, 0.5) is 11.5 Å². The molecule has 5 heterocycles. The van der Waals surface area contributed by atoms with Crippen molar-refractivity contribution in [1.29, 1.82) is 0 Å². The van der Waals surface area contributed by atoms with Crippen LogP contribution in [0, 0.1) is 0 Å². The summed E-state index contributed by atoms with van der Waals surface area (Å²) >= 11 is 0. The second kappa shape index (κ2) is 7.69. The molecule has 8 heteroatoms. The van der Waals surface area contributed by atoms with Crippen molar-refractivity contribution in [3.05, 3.63) is 61.2 Å². The summed E-state index contributed by atoms with van der Waals surface area (Å²) in [5.74, 6) is 0.801. The molecule has 7 rings (SSSR count). The molecule has 2 N–H and O–H groups in total. The number of benzene rings is 2. The predicted molar refractivity (Wildman–Crippen MR) is 136 cm³/mol. The van der Waals surface area contributed by atoms with Crippen molar-refractivity contribution in [1.82, 2.24) is 29.5 Å². The van der Waals surface area contributed by atoms with Gasteiger partial charge >= 0.3 is 0 Å². The lowest BCUT2D eigenvalue weighted by Gasteiger charge is -2.25. The van der Waals surface area contributed by atoms with Crippen molar-refractivity contribution in [3.63, 3.8) is 0 Å². The highest BCUT2D eigenvalue weighted by Gasteiger charge is 2.24. The molecule has 0 aliphatic carbocycles. The fraction of sp³-hybridized carbons (Fsp3) is 0.231. The first-order valence-corrected chi connectivity index (χ1v) is 11.8. The molecule has 8 nitrogen and oxygen atoms in total. The lowest BCUT2D eigenvalue weighted by Crippen LogP contribution is -2.27. The van der Waals surface area contributed by atoms with Gasteiger partial charge in [-0.15, -0.1) is 0 Å². The highest BCUT2D eigenvalue weighted by Crippen LogP contribution is 2.40. The minimum Gasteiger partial charge on any atom is -0.369 e. The molecule has 34 heavy (non-hydrogen) atoms. The Bertz CT molecular complexity index is 1660. The molecule has 4 aromatic heterocycles. The van der Waals surface area contributed by atoms with Crippen LogP contribution in [0.1, 0.15) is 12.8 Å². The molecule has 0 saturated heterocycles. The number of H-pyrrole nitrogens is 1. The summed E-state index contributed by atoms with van der Waals surface area (Å²) in [6, 6.07) is 17.2. The van der Waals surface area contributed by atoms with E-state index in [-0.39, 0.29) is 0 Å². The zero-order chi connectivity index (χ0) is 22.5. The van der Waals surface area contributed by atoms with Gasteiger partial charge in [0.25, 0.3) is 0 Å². The lowest BCUT2D eigenvalue weighted by atomic mass is 10.1. The van der Waals surface area contributed by atoms with Gasteiger partial charge in [-0.3, -0.25) is 0 Å². The number of rotatable bonds is 5. The molecule has 0 spiro atoms. The quantitative estimate of drug-likeness (QED) is 0.371. The van der Waals surface area contributed by atoms with Crippen LogP contribution in [0.25, 0.3) is 44.0 Å². The normalized spacial score (nSPS) is 13.8. The summed E-state index contributed by atoms with van der Waals surface area (Å²) in [5.41, 5.74) is 7.55. The molecule has 0 amide bonds. The number of hydrogen-bond donors (Lipinski definition) is 2. The number of hydrogen-bond acceptors (Lipinski definition) is 6. The maximum absolute atomic E-state index is 5.12. The van der Waals surface area contributed by atoms with E-state index in [1.54, 1.807) is 12.7 Å². The van der Waals surface area contributed by atoms with Crippen molar-refractivity contribution >= 4 is 55.5 Å². The number of pyridine rings is 1. The SMILES string of the molecule is c1ccc2c3c4c(nc2c1)c1ccccc1n4CCCN3CCCNc1ncnc2nc[nH]c12. The molecular formula is C26H24N8. The van der Waals surface area contributed by atoms with Gasteiger partial charge in [0, 0.05) is 37.0 Å². The van der Waals surface area contributed by atoms with E-state index < -0.39 is 0 Å². The average molecular weight is 449 g/mol. The molecule has 0 radical (unpaired) electrons. The highest BCUT2D eigenvalue weighted by molar-refractivity contribution is 6.16. The number of anilines is 2. The number of nitrogens with one attached hydrogen (secondary N) is 2. The Hall–Kier alpha value is -4.20. The van der Waals surface area contributed by atoms with Gasteiger partial charge in [0.15, 0.2) is 11.5 Å². The molecule has 0 atom stereocenters. The number of aromatic amines is 1. The van der Waals surface area contributed by atoms with Gasteiger partial charge in [0.2, 0.25) is 0 Å². The molecule has 6 aromatic rings. The molecule has 1 aliphatic rings. The Morgan fingerprint density at radius 3 is 2.79 bits per heavy atom. The second-order valence-corrected chi connectivity index (χ2v) is 8.79. The Balaban J connectivity index is 1.26. The number of aryl methyl sites for hydroxylation is 1. The van der Waals surface area contributed by atoms with E-state index in [1.807, 2.05) is 0 Å². The molecular weight excluding hydrogens is 424 g/mol. The van der Waals surface area contributed by atoms with Crippen molar-refractivity contribution < 1.29 is 0 Å². The molecule has 168 valence electrons. The lowest BCUT2D eigenvalue weighted by molar-refractivity contribution is 0.659. The van der Waals surface area contributed by atoms with E-state index in [0.29, 0.717) is 5.65 Å². The van der Waals surface area contributed by atoms with E-state index in [1.165, 1.54) is 27.5 Å². The molecule has 2 aromatic carbocycles. The third-order valence-corrected chi connectivity index (χ3v) is 6.81. The van der Waals surface area contributed by atoms with Gasteiger partial charge in [-0.25, -0.2) is 19.9 Å². The standard InChI is InChI=1S/C26H24N8/c1-3-9-19-17(7-1)23-24-21(32-19)18-8-2-4-10-20(18)34(24)14-6-13-33(23)12-5-11-27-25-22-26(29-15-28-22)31-16-30-25/h1-4,7-10,15-16H,5-6,11-14H2,(H2,27,28,29,30,31). The first kappa shape index (κ1) is 19.3. The third kappa shape index (κ3) is 2.91. The summed E-state index contributed by atoms with van der Waals surface area (Å²) < 4.78 is 2.48. The number of imidazole rings is 1. The first-order valence-electron chi connectivity index (χ1n) is 11.8.